The lowest BCUT2D eigenvalue weighted by Gasteiger charge is -2.44. The Labute approximate surface area is 102 Å². The highest BCUT2D eigenvalue weighted by atomic mass is 16.5. The first-order valence-electron chi connectivity index (χ1n) is 5.99. The van der Waals surface area contributed by atoms with Crippen molar-refractivity contribution >= 4 is 11.9 Å². The number of aliphatic carboxylic acids is 1. The van der Waals surface area contributed by atoms with Crippen LogP contribution in [0.25, 0.3) is 0 Å². The fourth-order valence-corrected chi connectivity index (χ4v) is 2.04. The van der Waals surface area contributed by atoms with Crippen LogP contribution in [0.15, 0.2) is 0 Å². The molecule has 1 N–H and O–H groups in total. The maximum absolute atomic E-state index is 11.1. The van der Waals surface area contributed by atoms with Gasteiger partial charge in [0.1, 0.15) is 6.04 Å². The van der Waals surface area contributed by atoms with Crippen LogP contribution in [0.5, 0.6) is 0 Å². The van der Waals surface area contributed by atoms with Crippen molar-refractivity contribution in [3.8, 4) is 0 Å². The van der Waals surface area contributed by atoms with Gasteiger partial charge in [-0.3, -0.25) is 14.5 Å². The number of carboxylic acids is 1. The van der Waals surface area contributed by atoms with Gasteiger partial charge in [0.05, 0.1) is 7.11 Å². The van der Waals surface area contributed by atoms with E-state index in [-0.39, 0.29) is 12.4 Å². The predicted molar refractivity (Wildman–Crippen MR) is 62.6 cm³/mol. The van der Waals surface area contributed by atoms with Gasteiger partial charge in [0, 0.05) is 19.5 Å². The van der Waals surface area contributed by atoms with Crippen molar-refractivity contribution in [3.63, 3.8) is 0 Å². The molecule has 5 nitrogen and oxygen atoms in total. The van der Waals surface area contributed by atoms with Crippen molar-refractivity contribution < 1.29 is 19.4 Å². The Morgan fingerprint density at radius 1 is 1.41 bits per heavy atom. The molecule has 1 unspecified atom stereocenters. The Bertz CT molecular complexity index is 284. The molecule has 0 spiro atoms. The van der Waals surface area contributed by atoms with Crippen LogP contribution in [-0.4, -0.2) is 48.2 Å². The van der Waals surface area contributed by atoms with E-state index in [1.807, 2.05) is 4.90 Å². The Balaban J connectivity index is 2.41. The van der Waals surface area contributed by atoms with Crippen LogP contribution in [0.3, 0.4) is 0 Å². The number of carbonyl (C=O) groups is 2. The van der Waals surface area contributed by atoms with E-state index in [4.69, 9.17) is 5.11 Å². The Kier molecular flexibility index (Phi) is 4.93. The van der Waals surface area contributed by atoms with Crippen LogP contribution in [0.2, 0.25) is 0 Å². The van der Waals surface area contributed by atoms with E-state index in [0.717, 1.165) is 13.1 Å². The molecular formula is C12H21NO4. The number of hydrogen-bond acceptors (Lipinski definition) is 4. The molecule has 1 heterocycles. The highest BCUT2D eigenvalue weighted by Crippen LogP contribution is 2.26. The van der Waals surface area contributed by atoms with Crippen molar-refractivity contribution in [2.45, 2.75) is 32.7 Å². The van der Waals surface area contributed by atoms with Crippen molar-refractivity contribution in [3.05, 3.63) is 0 Å². The van der Waals surface area contributed by atoms with E-state index in [2.05, 4.69) is 18.6 Å². The van der Waals surface area contributed by atoms with Gasteiger partial charge in [-0.25, -0.2) is 0 Å². The summed E-state index contributed by atoms with van der Waals surface area (Å²) >= 11 is 0. The predicted octanol–water partition coefficient (Wildman–Crippen LogP) is 0.981. The third kappa shape index (κ3) is 3.70. The zero-order valence-corrected chi connectivity index (χ0v) is 10.7. The first-order chi connectivity index (χ1) is 7.95. The minimum atomic E-state index is -0.851. The van der Waals surface area contributed by atoms with Gasteiger partial charge in [0.25, 0.3) is 0 Å². The second-order valence-electron chi connectivity index (χ2n) is 4.93. The summed E-state index contributed by atoms with van der Waals surface area (Å²) in [7, 11) is 1.32. The van der Waals surface area contributed by atoms with E-state index in [0.29, 0.717) is 18.3 Å². The van der Waals surface area contributed by atoms with E-state index in [9.17, 15) is 9.59 Å². The summed E-state index contributed by atoms with van der Waals surface area (Å²) in [6, 6.07) is -0.552. The molecule has 1 atom stereocenters. The number of hydrogen-bond donors (Lipinski definition) is 1. The monoisotopic (exact) mass is 243 g/mol. The summed E-state index contributed by atoms with van der Waals surface area (Å²) in [6.07, 6.45) is 0.489. The molecule has 0 aromatic rings. The fraction of sp³-hybridized carbons (Fsp3) is 0.833. The minimum absolute atomic E-state index is 0.163. The van der Waals surface area contributed by atoms with Gasteiger partial charge in [-0.2, -0.15) is 0 Å². The summed E-state index contributed by atoms with van der Waals surface area (Å²) in [5.41, 5.74) is 0. The van der Waals surface area contributed by atoms with Crippen LogP contribution < -0.4 is 0 Å². The smallest absolute Gasteiger partial charge is 0.320 e. The molecule has 0 saturated carbocycles. The lowest BCUT2D eigenvalue weighted by atomic mass is 9.86. The third-order valence-electron chi connectivity index (χ3n) is 3.46. The molecule has 17 heavy (non-hydrogen) atoms. The van der Waals surface area contributed by atoms with Crippen molar-refractivity contribution in [2.75, 3.05) is 20.2 Å². The van der Waals surface area contributed by atoms with Crippen molar-refractivity contribution in [1.82, 2.24) is 4.90 Å². The number of ether oxygens (including phenoxy) is 1. The molecule has 0 aromatic heterocycles. The topological polar surface area (TPSA) is 66.8 Å². The number of rotatable bonds is 6. The maximum Gasteiger partial charge on any atom is 0.320 e. The second kappa shape index (κ2) is 6.00. The zero-order chi connectivity index (χ0) is 13.0. The van der Waals surface area contributed by atoms with E-state index in [1.165, 1.54) is 7.11 Å². The van der Waals surface area contributed by atoms with E-state index in [1.54, 1.807) is 0 Å². The standard InChI is InChI=1S/C12H21NO4/c1-8(2)9-6-13(7-9)10(12(15)16)4-5-11(14)17-3/h8-10H,4-7H2,1-3H3,(H,15,16). The van der Waals surface area contributed by atoms with Crippen molar-refractivity contribution in [2.24, 2.45) is 11.8 Å². The molecule has 1 fully saturated rings. The normalized spacial score (nSPS) is 18.8. The molecule has 5 heteroatoms. The van der Waals surface area contributed by atoms with E-state index >= 15 is 0 Å². The molecule has 0 aliphatic carbocycles. The molecule has 0 radical (unpaired) electrons. The first kappa shape index (κ1) is 14.0. The van der Waals surface area contributed by atoms with Gasteiger partial charge in [0.2, 0.25) is 0 Å². The summed E-state index contributed by atoms with van der Waals surface area (Å²) in [5, 5.41) is 9.13. The third-order valence-corrected chi connectivity index (χ3v) is 3.46. The highest BCUT2D eigenvalue weighted by Gasteiger charge is 2.37. The summed E-state index contributed by atoms with van der Waals surface area (Å²) in [6.45, 7) is 5.92. The summed E-state index contributed by atoms with van der Waals surface area (Å²) in [5.74, 6) is -0.0374. The lowest BCUT2D eigenvalue weighted by molar-refractivity contribution is -0.148. The summed E-state index contributed by atoms with van der Waals surface area (Å²) < 4.78 is 4.52. The first-order valence-corrected chi connectivity index (χ1v) is 5.99. The van der Waals surface area contributed by atoms with Crippen LogP contribution in [0, 0.1) is 11.8 Å². The molecule has 98 valence electrons. The van der Waals surface area contributed by atoms with Crippen LogP contribution in [-0.2, 0) is 14.3 Å². The molecule has 0 amide bonds. The molecular weight excluding hydrogens is 222 g/mol. The number of carbonyl (C=O) groups excluding carboxylic acids is 1. The average Bonchev–Trinajstić information content (AvgIpc) is 2.19. The minimum Gasteiger partial charge on any atom is -0.480 e. The van der Waals surface area contributed by atoms with Crippen LogP contribution in [0.1, 0.15) is 26.7 Å². The van der Waals surface area contributed by atoms with Gasteiger partial charge in [-0.15, -0.1) is 0 Å². The van der Waals surface area contributed by atoms with Crippen LogP contribution in [0.4, 0.5) is 0 Å². The molecule has 1 rings (SSSR count). The summed E-state index contributed by atoms with van der Waals surface area (Å²) in [4.78, 5) is 24.1. The second-order valence-corrected chi connectivity index (χ2v) is 4.93. The van der Waals surface area contributed by atoms with Gasteiger partial charge in [0.15, 0.2) is 0 Å². The largest absolute Gasteiger partial charge is 0.480 e. The molecule has 1 aliphatic heterocycles. The van der Waals surface area contributed by atoms with E-state index < -0.39 is 12.0 Å². The van der Waals surface area contributed by atoms with Gasteiger partial charge >= 0.3 is 11.9 Å². The SMILES string of the molecule is COC(=O)CCC(C(=O)O)N1CC(C(C)C)C1. The van der Waals surface area contributed by atoms with Crippen molar-refractivity contribution in [1.29, 1.82) is 0 Å². The average molecular weight is 243 g/mol. The lowest BCUT2D eigenvalue weighted by Crippen LogP contribution is -2.56. The number of esters is 1. The quantitative estimate of drug-likeness (QED) is 0.704. The Morgan fingerprint density at radius 2 is 2.00 bits per heavy atom. The highest BCUT2D eigenvalue weighted by molar-refractivity contribution is 5.75. The number of methoxy groups -OCH3 is 1. The number of carboxylic acid groups (broad SMARTS) is 1. The molecule has 1 aliphatic rings. The Morgan fingerprint density at radius 3 is 2.41 bits per heavy atom. The molecule has 0 aromatic carbocycles. The van der Waals surface area contributed by atoms with Gasteiger partial charge < -0.3 is 9.84 Å². The molecule has 0 bridgehead atoms. The van der Waals surface area contributed by atoms with Gasteiger partial charge in [-0.05, 0) is 18.3 Å². The number of nitrogens with zero attached hydrogens (tertiary/aromatic N) is 1. The van der Waals surface area contributed by atoms with Gasteiger partial charge in [-0.1, -0.05) is 13.8 Å². The number of likely N-dealkylation sites (tertiary alicyclic amines) is 1. The Hall–Kier alpha value is -1.10. The maximum atomic E-state index is 11.1. The fourth-order valence-electron chi connectivity index (χ4n) is 2.04. The van der Waals surface area contributed by atoms with Crippen LogP contribution >= 0.6 is 0 Å². The molecule has 1 saturated heterocycles. The zero-order valence-electron chi connectivity index (χ0n) is 10.7.